The van der Waals surface area contributed by atoms with E-state index < -0.39 is 17.6 Å². The van der Waals surface area contributed by atoms with E-state index in [1.54, 1.807) is 37.7 Å². The first kappa shape index (κ1) is 28.4. The van der Waals surface area contributed by atoms with Gasteiger partial charge in [0.05, 0.1) is 12.7 Å². The van der Waals surface area contributed by atoms with Gasteiger partial charge in [0.15, 0.2) is 0 Å². The number of aromatic nitrogens is 1. The molecule has 3 aromatic carbocycles. The van der Waals surface area contributed by atoms with Crippen LogP contribution in [-0.2, 0) is 12.7 Å². The van der Waals surface area contributed by atoms with Crippen molar-refractivity contribution in [3.63, 3.8) is 0 Å². The van der Waals surface area contributed by atoms with Gasteiger partial charge in [0.2, 0.25) is 0 Å². The Labute approximate surface area is 231 Å². The number of ether oxygens (including phenoxy) is 1. The predicted octanol–water partition coefficient (Wildman–Crippen LogP) is 6.85. The molecule has 0 fully saturated rings. The highest BCUT2D eigenvalue weighted by Crippen LogP contribution is 2.34. The fraction of sp³-hybridized carbons (Fsp3) is 0.188. The second-order valence-electron chi connectivity index (χ2n) is 9.07. The van der Waals surface area contributed by atoms with Crippen LogP contribution in [0.1, 0.15) is 45.1 Å². The summed E-state index contributed by atoms with van der Waals surface area (Å²) < 4.78 is 46.1. The number of nitrogens with zero attached hydrogens (tertiary/aromatic N) is 1. The van der Waals surface area contributed by atoms with Crippen molar-refractivity contribution in [2.24, 2.45) is 0 Å². The third kappa shape index (κ3) is 7.07. The van der Waals surface area contributed by atoms with Gasteiger partial charge in [-0.25, -0.2) is 0 Å². The zero-order chi connectivity index (χ0) is 28.7. The van der Waals surface area contributed by atoms with E-state index >= 15 is 0 Å². The van der Waals surface area contributed by atoms with Gasteiger partial charge in [0.25, 0.3) is 5.91 Å². The molecule has 4 rings (SSSR count). The van der Waals surface area contributed by atoms with Crippen LogP contribution in [0.25, 0.3) is 11.1 Å². The number of hydrogen-bond donors (Lipinski definition) is 2. The molecule has 8 heteroatoms. The summed E-state index contributed by atoms with van der Waals surface area (Å²) in [7, 11) is 1.61. The van der Waals surface area contributed by atoms with Crippen molar-refractivity contribution in [3.05, 3.63) is 113 Å². The Morgan fingerprint density at radius 2 is 1.73 bits per heavy atom. The van der Waals surface area contributed by atoms with Crippen LogP contribution >= 0.6 is 0 Å². The molecule has 204 valence electrons. The average molecular weight is 544 g/mol. The van der Waals surface area contributed by atoms with Crippen molar-refractivity contribution in [1.82, 2.24) is 10.3 Å². The van der Waals surface area contributed by atoms with E-state index in [0.717, 1.165) is 28.5 Å². The molecule has 40 heavy (non-hydrogen) atoms. The van der Waals surface area contributed by atoms with E-state index in [9.17, 15) is 18.0 Å². The molecule has 0 aliphatic rings. The van der Waals surface area contributed by atoms with Crippen molar-refractivity contribution >= 4 is 11.6 Å². The summed E-state index contributed by atoms with van der Waals surface area (Å²) in [6, 6.07) is 18.3. The molecule has 0 spiro atoms. The van der Waals surface area contributed by atoms with Crippen LogP contribution in [0.4, 0.5) is 18.9 Å². The molecule has 0 aliphatic carbocycles. The second-order valence-corrected chi connectivity index (χ2v) is 9.07. The number of carbonyl (C=O) groups excluding carboxylic acids is 1. The van der Waals surface area contributed by atoms with Crippen LogP contribution < -0.4 is 15.4 Å². The molecule has 4 aromatic rings. The number of nitrogens with one attached hydrogen (secondary N) is 2. The van der Waals surface area contributed by atoms with Crippen LogP contribution in [0.3, 0.4) is 0 Å². The number of carbonyl (C=O) groups is 1. The first-order valence-electron chi connectivity index (χ1n) is 12.6. The topological polar surface area (TPSA) is 63.2 Å². The number of aryl methyl sites for hydroxylation is 1. The molecule has 5 nitrogen and oxygen atoms in total. The van der Waals surface area contributed by atoms with E-state index in [0.29, 0.717) is 17.7 Å². The third-order valence-corrected chi connectivity index (χ3v) is 6.24. The summed E-state index contributed by atoms with van der Waals surface area (Å²) in [6.07, 6.45) is -1.14. The quantitative estimate of drug-likeness (QED) is 0.251. The van der Waals surface area contributed by atoms with Gasteiger partial charge < -0.3 is 15.4 Å². The summed E-state index contributed by atoms with van der Waals surface area (Å²) >= 11 is 0. The van der Waals surface area contributed by atoms with Crippen LogP contribution in [0.2, 0.25) is 0 Å². The monoisotopic (exact) mass is 543 g/mol. The zero-order valence-corrected chi connectivity index (χ0v) is 22.3. The molecule has 0 bridgehead atoms. The Balaban J connectivity index is 1.55. The molecule has 1 heterocycles. The standard InChI is InChI=1S/C32H28F3N3O2/c1-4-36-19-26-9-12-28(17-30(26)32(33,34)35)38-31(39)25-7-5-21(2)24(16-25)8-6-22-15-27(20-37-18-22)23-10-13-29(40-3)14-11-23/h5,7,9-18,20,36H,4,19H2,1-3H3,(H,38,39). The van der Waals surface area contributed by atoms with E-state index in [4.69, 9.17) is 4.74 Å². The Kier molecular flexibility index (Phi) is 8.87. The van der Waals surface area contributed by atoms with E-state index in [1.165, 1.54) is 12.1 Å². The molecule has 1 aromatic heterocycles. The largest absolute Gasteiger partial charge is 0.497 e. The van der Waals surface area contributed by atoms with Crippen molar-refractivity contribution < 1.29 is 22.7 Å². The molecule has 0 saturated carbocycles. The number of hydrogen-bond acceptors (Lipinski definition) is 4. The number of amides is 1. The van der Waals surface area contributed by atoms with Gasteiger partial charge in [0, 0.05) is 46.9 Å². The Bertz CT molecular complexity index is 1570. The summed E-state index contributed by atoms with van der Waals surface area (Å²) in [5.74, 6) is 6.42. The summed E-state index contributed by atoms with van der Waals surface area (Å²) in [5, 5.41) is 5.49. The lowest BCUT2D eigenvalue weighted by molar-refractivity contribution is -0.138. The van der Waals surface area contributed by atoms with Crippen LogP contribution in [0, 0.1) is 18.8 Å². The molecule has 0 atom stereocenters. The highest BCUT2D eigenvalue weighted by Gasteiger charge is 2.33. The molecule has 2 N–H and O–H groups in total. The maximum absolute atomic E-state index is 13.6. The fourth-order valence-corrected chi connectivity index (χ4v) is 4.02. The molecule has 0 radical (unpaired) electrons. The highest BCUT2D eigenvalue weighted by atomic mass is 19.4. The maximum atomic E-state index is 13.6. The smallest absolute Gasteiger partial charge is 0.416 e. The number of rotatable bonds is 7. The lowest BCUT2D eigenvalue weighted by Crippen LogP contribution is -2.18. The van der Waals surface area contributed by atoms with Crippen LogP contribution in [0.5, 0.6) is 5.75 Å². The molecule has 0 saturated heterocycles. The van der Waals surface area contributed by atoms with Gasteiger partial charge in [-0.1, -0.05) is 43.0 Å². The molecular weight excluding hydrogens is 515 g/mol. The van der Waals surface area contributed by atoms with E-state index in [2.05, 4.69) is 27.5 Å². The third-order valence-electron chi connectivity index (χ3n) is 6.24. The number of halogens is 3. The minimum absolute atomic E-state index is 0.0622. The predicted molar refractivity (Wildman–Crippen MR) is 150 cm³/mol. The van der Waals surface area contributed by atoms with E-state index in [1.807, 2.05) is 44.2 Å². The lowest BCUT2D eigenvalue weighted by Gasteiger charge is -2.15. The lowest BCUT2D eigenvalue weighted by atomic mass is 10.0. The normalized spacial score (nSPS) is 10.9. The van der Waals surface area contributed by atoms with Gasteiger partial charge in [0.1, 0.15) is 5.75 Å². The summed E-state index contributed by atoms with van der Waals surface area (Å²) in [6.45, 7) is 4.31. The Hall–Kier alpha value is -4.61. The van der Waals surface area contributed by atoms with Crippen molar-refractivity contribution in [3.8, 4) is 28.7 Å². The van der Waals surface area contributed by atoms with Gasteiger partial charge in [-0.15, -0.1) is 0 Å². The summed E-state index contributed by atoms with van der Waals surface area (Å²) in [5.41, 5.74) is 3.72. The number of methoxy groups -OCH3 is 1. The molecule has 0 unspecified atom stereocenters. The zero-order valence-electron chi connectivity index (χ0n) is 22.3. The summed E-state index contributed by atoms with van der Waals surface area (Å²) in [4.78, 5) is 17.2. The van der Waals surface area contributed by atoms with E-state index in [-0.39, 0.29) is 23.4 Å². The van der Waals surface area contributed by atoms with Gasteiger partial charge in [-0.05, 0) is 72.6 Å². The first-order valence-corrected chi connectivity index (χ1v) is 12.6. The van der Waals surface area contributed by atoms with Crippen molar-refractivity contribution in [2.75, 3.05) is 19.0 Å². The fourth-order valence-electron chi connectivity index (χ4n) is 4.02. The van der Waals surface area contributed by atoms with Gasteiger partial charge in [-0.2, -0.15) is 13.2 Å². The second kappa shape index (κ2) is 12.5. The SMILES string of the molecule is CCNCc1ccc(NC(=O)c2ccc(C)c(C#Cc3cncc(-c4ccc(OC)cc4)c3)c2)cc1C(F)(F)F. The molecular formula is C32H28F3N3O2. The van der Waals surface area contributed by atoms with Gasteiger partial charge in [-0.3, -0.25) is 9.78 Å². The number of alkyl halides is 3. The maximum Gasteiger partial charge on any atom is 0.416 e. The number of anilines is 1. The Morgan fingerprint density at radius 3 is 2.42 bits per heavy atom. The highest BCUT2D eigenvalue weighted by molar-refractivity contribution is 6.04. The average Bonchev–Trinajstić information content (AvgIpc) is 2.95. The minimum Gasteiger partial charge on any atom is -0.497 e. The molecule has 0 aliphatic heterocycles. The van der Waals surface area contributed by atoms with Crippen LogP contribution in [-0.4, -0.2) is 24.5 Å². The van der Waals surface area contributed by atoms with Crippen LogP contribution in [0.15, 0.2) is 79.1 Å². The van der Waals surface area contributed by atoms with Crippen molar-refractivity contribution in [2.45, 2.75) is 26.6 Å². The first-order chi connectivity index (χ1) is 19.2. The van der Waals surface area contributed by atoms with Crippen molar-refractivity contribution in [1.29, 1.82) is 0 Å². The number of pyridine rings is 1. The van der Waals surface area contributed by atoms with Gasteiger partial charge >= 0.3 is 6.18 Å². The minimum atomic E-state index is -4.54. The Morgan fingerprint density at radius 1 is 0.950 bits per heavy atom. The molecule has 1 amide bonds. The number of benzene rings is 3.